The van der Waals surface area contributed by atoms with Crippen molar-refractivity contribution >= 4 is 45.0 Å². The molecule has 7 nitrogen and oxygen atoms in total. The number of nitrogens with one attached hydrogen (secondary N) is 1. The molecule has 4 rings (SSSR count). The number of hydrogen-bond acceptors (Lipinski definition) is 4. The van der Waals surface area contributed by atoms with Crippen LogP contribution in [0.4, 0.5) is 0 Å². The van der Waals surface area contributed by atoms with Gasteiger partial charge >= 0.3 is 0 Å². The minimum Gasteiger partial charge on any atom is -0.356 e. The topological polar surface area (TPSA) is 86.8 Å². The number of carbonyl (C=O) groups excluding carboxylic acids is 2. The predicted molar refractivity (Wildman–Crippen MR) is 169 cm³/mol. The molecule has 228 valence electrons. The van der Waals surface area contributed by atoms with E-state index in [0.717, 1.165) is 11.1 Å². The number of likely N-dealkylation sites (tertiary alicyclic amines) is 1. The van der Waals surface area contributed by atoms with Crippen molar-refractivity contribution in [2.45, 2.75) is 75.6 Å². The average Bonchev–Trinajstić information content (AvgIpc) is 3.80. The van der Waals surface area contributed by atoms with Crippen LogP contribution in [0.3, 0.4) is 0 Å². The number of nitrogens with zero attached hydrogens (tertiary/aromatic N) is 2. The Hall–Kier alpha value is -2.39. The summed E-state index contributed by atoms with van der Waals surface area (Å²) in [5.41, 5.74) is 0.809. The first kappa shape index (κ1) is 32.5. The van der Waals surface area contributed by atoms with E-state index in [1.807, 2.05) is 55.1 Å². The number of benzene rings is 2. The Morgan fingerprint density at radius 1 is 1.17 bits per heavy atom. The molecule has 0 unspecified atom stereocenters. The molecule has 4 atom stereocenters. The Balaban J connectivity index is 1.82. The number of likely N-dealkylation sites (N-methyl/N-ethyl adjacent to an activating group) is 1. The Labute approximate surface area is 260 Å². The summed E-state index contributed by atoms with van der Waals surface area (Å²) in [6, 6.07) is 14.2. The molecule has 42 heavy (non-hydrogen) atoms. The van der Waals surface area contributed by atoms with Crippen molar-refractivity contribution in [1.82, 2.24) is 14.5 Å². The van der Waals surface area contributed by atoms with Crippen molar-refractivity contribution in [3.8, 4) is 0 Å². The van der Waals surface area contributed by atoms with Gasteiger partial charge in [0.15, 0.2) is 0 Å². The zero-order valence-corrected chi connectivity index (χ0v) is 26.9. The van der Waals surface area contributed by atoms with E-state index >= 15 is 0 Å². The predicted octanol–water partition coefficient (Wildman–Crippen LogP) is 6.34. The molecular weight excluding hydrogens is 593 g/mol. The van der Waals surface area contributed by atoms with Crippen LogP contribution < -0.4 is 5.32 Å². The van der Waals surface area contributed by atoms with Crippen LogP contribution in [0.2, 0.25) is 10.0 Å². The number of rotatable bonds is 13. The van der Waals surface area contributed by atoms with Gasteiger partial charge in [-0.1, -0.05) is 67.4 Å². The van der Waals surface area contributed by atoms with Crippen molar-refractivity contribution in [3.05, 3.63) is 82.4 Å². The van der Waals surface area contributed by atoms with Crippen LogP contribution in [0.1, 0.15) is 75.5 Å². The Morgan fingerprint density at radius 2 is 1.86 bits per heavy atom. The monoisotopic (exact) mass is 633 g/mol. The number of sulfonamides is 1. The molecule has 2 fully saturated rings. The molecule has 0 spiro atoms. The number of hydrogen-bond donors (Lipinski definition) is 1. The van der Waals surface area contributed by atoms with Gasteiger partial charge in [-0.2, -0.15) is 0 Å². The van der Waals surface area contributed by atoms with E-state index in [9.17, 15) is 18.0 Å². The van der Waals surface area contributed by atoms with Crippen LogP contribution in [0.15, 0.2) is 61.2 Å². The molecule has 1 heterocycles. The van der Waals surface area contributed by atoms with Crippen LogP contribution in [-0.4, -0.2) is 60.9 Å². The minimum absolute atomic E-state index is 0.0104. The van der Waals surface area contributed by atoms with Crippen molar-refractivity contribution in [2.24, 2.45) is 5.41 Å². The van der Waals surface area contributed by atoms with E-state index in [4.69, 9.17) is 23.2 Å². The first-order valence-electron chi connectivity index (χ1n) is 14.6. The molecule has 1 N–H and O–H groups in total. The second-order valence-electron chi connectivity index (χ2n) is 11.8. The van der Waals surface area contributed by atoms with Crippen LogP contribution in [0, 0.1) is 5.41 Å². The van der Waals surface area contributed by atoms with Gasteiger partial charge in [-0.05, 0) is 67.5 Å². The highest BCUT2D eigenvalue weighted by Crippen LogP contribution is 2.52. The van der Waals surface area contributed by atoms with Gasteiger partial charge in [0, 0.05) is 48.6 Å². The van der Waals surface area contributed by atoms with E-state index in [1.165, 1.54) is 4.31 Å². The highest BCUT2D eigenvalue weighted by molar-refractivity contribution is 7.90. The van der Waals surface area contributed by atoms with E-state index in [2.05, 4.69) is 11.9 Å². The quantitative estimate of drug-likeness (QED) is 0.206. The summed E-state index contributed by atoms with van der Waals surface area (Å²) in [6.07, 6.45) is 4.65. The first-order valence-corrected chi connectivity index (χ1v) is 16.8. The van der Waals surface area contributed by atoms with Gasteiger partial charge in [0.1, 0.15) is 0 Å². The maximum absolute atomic E-state index is 14.7. The number of piperidine rings is 1. The smallest absolute Gasteiger partial charge is 0.229 e. The summed E-state index contributed by atoms with van der Waals surface area (Å²) in [5.74, 6) is -0.583. The molecule has 10 heteroatoms. The lowest BCUT2D eigenvalue weighted by Crippen LogP contribution is -2.58. The third-order valence-corrected chi connectivity index (χ3v) is 11.3. The lowest BCUT2D eigenvalue weighted by atomic mass is 9.67. The fourth-order valence-electron chi connectivity index (χ4n) is 6.11. The number of amides is 2. The Kier molecular flexibility index (Phi) is 10.5. The van der Waals surface area contributed by atoms with E-state index in [-0.39, 0.29) is 35.9 Å². The van der Waals surface area contributed by atoms with Gasteiger partial charge in [0.25, 0.3) is 0 Å². The third-order valence-electron chi connectivity index (χ3n) is 8.52. The van der Waals surface area contributed by atoms with E-state index in [0.29, 0.717) is 48.7 Å². The fraction of sp³-hybridized carbons (Fsp3) is 0.500. The molecule has 0 bridgehead atoms. The summed E-state index contributed by atoms with van der Waals surface area (Å²) >= 11 is 12.7. The van der Waals surface area contributed by atoms with Gasteiger partial charge in [-0.15, -0.1) is 6.58 Å². The summed E-state index contributed by atoms with van der Waals surface area (Å²) < 4.78 is 27.7. The lowest BCUT2D eigenvalue weighted by Gasteiger charge is -2.52. The second-order valence-corrected chi connectivity index (χ2v) is 15.0. The molecule has 1 aliphatic heterocycles. The van der Waals surface area contributed by atoms with Gasteiger partial charge in [-0.3, -0.25) is 9.59 Å². The molecule has 1 saturated heterocycles. The second kappa shape index (κ2) is 13.5. The third kappa shape index (κ3) is 7.21. The highest BCUT2D eigenvalue weighted by Gasteiger charge is 2.52. The van der Waals surface area contributed by atoms with Crippen LogP contribution in [0.5, 0.6) is 0 Å². The molecule has 0 radical (unpaired) electrons. The first-order chi connectivity index (χ1) is 19.9. The number of carbonyl (C=O) groups is 2. The SMILES string of the molecule is C=CCCNC(=O)C[C@]1(C)C[C@H](c2cccc(Cl)c2)[C@@H](c2ccc(Cl)cc2)N([C@@H](CC)CN(C)S(=O)(=O)C2CC2)C1=O. The largest absolute Gasteiger partial charge is 0.356 e. The summed E-state index contributed by atoms with van der Waals surface area (Å²) in [5, 5.41) is 3.72. The molecule has 2 aromatic rings. The van der Waals surface area contributed by atoms with Crippen LogP contribution >= 0.6 is 23.2 Å². The molecule has 2 aromatic carbocycles. The maximum Gasteiger partial charge on any atom is 0.229 e. The van der Waals surface area contributed by atoms with Gasteiger partial charge in [-0.25, -0.2) is 12.7 Å². The van der Waals surface area contributed by atoms with Crippen molar-refractivity contribution in [2.75, 3.05) is 20.1 Å². The Bertz CT molecular complexity index is 1400. The van der Waals surface area contributed by atoms with Crippen molar-refractivity contribution in [3.63, 3.8) is 0 Å². The normalized spacial score (nSPS) is 23.6. The molecule has 2 aliphatic rings. The molecule has 2 amide bonds. The summed E-state index contributed by atoms with van der Waals surface area (Å²) in [6.45, 7) is 8.14. The van der Waals surface area contributed by atoms with E-state index < -0.39 is 27.5 Å². The van der Waals surface area contributed by atoms with Crippen LogP contribution in [-0.2, 0) is 19.6 Å². The molecule has 0 aromatic heterocycles. The van der Waals surface area contributed by atoms with Gasteiger partial charge < -0.3 is 10.2 Å². The zero-order valence-electron chi connectivity index (χ0n) is 24.6. The van der Waals surface area contributed by atoms with E-state index in [1.54, 1.807) is 25.3 Å². The Morgan fingerprint density at radius 3 is 2.45 bits per heavy atom. The zero-order chi connectivity index (χ0) is 30.7. The average molecular weight is 635 g/mol. The minimum atomic E-state index is -3.46. The molecule has 1 aliphatic carbocycles. The van der Waals surface area contributed by atoms with Crippen LogP contribution in [0.25, 0.3) is 0 Å². The van der Waals surface area contributed by atoms with Crippen molar-refractivity contribution in [1.29, 1.82) is 0 Å². The summed E-state index contributed by atoms with van der Waals surface area (Å²) in [7, 11) is -1.86. The highest BCUT2D eigenvalue weighted by atomic mass is 35.5. The van der Waals surface area contributed by atoms with Gasteiger partial charge in [0.2, 0.25) is 21.8 Å². The summed E-state index contributed by atoms with van der Waals surface area (Å²) in [4.78, 5) is 29.7. The standard InChI is InChI=1S/C32H41Cl2N3O4S/c1-5-7-17-35-29(38)20-32(3)19-28(23-9-8-10-25(34)18-23)30(22-11-13-24(33)14-12-22)37(31(32)39)26(6-2)21-36(4)42(40,41)27-15-16-27/h5,8-14,18,26-28,30H,1,6-7,15-17,19-21H2,2-4H3,(H,35,38)/t26-,28+,30+,32-/m0/s1. The van der Waals surface area contributed by atoms with Crippen molar-refractivity contribution < 1.29 is 18.0 Å². The number of halogens is 2. The van der Waals surface area contributed by atoms with Gasteiger partial charge in [0.05, 0.1) is 16.7 Å². The maximum atomic E-state index is 14.7. The molecular formula is C32H41Cl2N3O4S. The molecule has 1 saturated carbocycles. The lowest BCUT2D eigenvalue weighted by molar-refractivity contribution is -0.157. The fourth-order valence-corrected chi connectivity index (χ4v) is 8.06.